The summed E-state index contributed by atoms with van der Waals surface area (Å²) in [5, 5.41) is 17.6. The number of pyridine rings is 1. The van der Waals surface area contributed by atoms with E-state index < -0.39 is 21.4 Å². The third kappa shape index (κ3) is 4.89. The van der Waals surface area contributed by atoms with E-state index in [4.69, 9.17) is 21.1 Å². The second-order valence-corrected chi connectivity index (χ2v) is 9.65. The van der Waals surface area contributed by atoms with E-state index >= 15 is 0 Å². The fraction of sp³-hybridized carbons (Fsp3) is 0.250. The smallest absolute Gasteiger partial charge is 0.245 e. The molecule has 0 aliphatic rings. The molecular formula is C20H20ClN9O5S. The monoisotopic (exact) mass is 533 g/mol. The number of anilines is 1. The van der Waals surface area contributed by atoms with Gasteiger partial charge in [0.2, 0.25) is 27.7 Å². The van der Waals surface area contributed by atoms with E-state index in [1.807, 2.05) is 0 Å². The molecule has 0 unspecified atom stereocenters. The summed E-state index contributed by atoms with van der Waals surface area (Å²) >= 11 is 5.73. The molecule has 0 spiro atoms. The van der Waals surface area contributed by atoms with Gasteiger partial charge in [0, 0.05) is 18.0 Å². The molecule has 4 aromatic heterocycles. The Morgan fingerprint density at radius 3 is 2.36 bits per heavy atom. The number of aromatic nitrogens is 8. The number of nitrogens with one attached hydrogen (secondary N) is 1. The summed E-state index contributed by atoms with van der Waals surface area (Å²) in [7, 11) is -1.50. The Morgan fingerprint density at radius 2 is 1.78 bits per heavy atom. The number of aliphatic hydroxyl groups excluding tert-OH is 1. The van der Waals surface area contributed by atoms with Gasteiger partial charge in [0.25, 0.3) is 0 Å². The Balaban J connectivity index is 1.81. The van der Waals surface area contributed by atoms with Gasteiger partial charge in [-0.1, -0.05) is 11.6 Å². The highest BCUT2D eigenvalue weighted by molar-refractivity contribution is 7.93. The van der Waals surface area contributed by atoms with Crippen LogP contribution >= 0.6 is 11.6 Å². The highest BCUT2D eigenvalue weighted by atomic mass is 35.5. The number of aliphatic hydroxyl groups is 1. The summed E-state index contributed by atoms with van der Waals surface area (Å²) in [6, 6.07) is 3.39. The van der Waals surface area contributed by atoms with Crippen molar-refractivity contribution in [2.24, 2.45) is 0 Å². The number of sulfonamides is 1. The molecule has 0 bridgehead atoms. The number of hydrogen-bond acceptors (Lipinski definition) is 12. The molecule has 0 aliphatic carbocycles. The van der Waals surface area contributed by atoms with Crippen LogP contribution in [0.4, 0.5) is 5.95 Å². The standard InChI is InChI=1S/C20H20ClN9O5S/c1-11(16(31)13-8-24-14(21)9-23-13)36(32,33)29-20-28-27-17(12-5-4-6-22-7-12)30(20)15-18(34-2)25-10-26-19(15)35-3/h4-11,16,31H,1-3H3,(H,28,29)/t11-,16-/m0/s1. The summed E-state index contributed by atoms with van der Waals surface area (Å²) in [5.41, 5.74) is 0.670. The van der Waals surface area contributed by atoms with Crippen LogP contribution in [0.15, 0.2) is 43.2 Å². The average molecular weight is 534 g/mol. The maximum Gasteiger partial charge on any atom is 0.245 e. The lowest BCUT2D eigenvalue weighted by Gasteiger charge is -2.20. The zero-order valence-electron chi connectivity index (χ0n) is 19.1. The van der Waals surface area contributed by atoms with Crippen molar-refractivity contribution in [3.63, 3.8) is 0 Å². The summed E-state index contributed by atoms with van der Waals surface area (Å²) in [5.74, 6) is 0.0963. The molecule has 4 rings (SSSR count). The SMILES string of the molecule is COc1ncnc(OC)c1-n1c(NS(=O)(=O)[C@@H](C)[C@H](O)c2cnc(Cl)cn2)nnc1-c1cccnc1. The number of halogens is 1. The molecule has 0 amide bonds. The predicted molar refractivity (Wildman–Crippen MR) is 127 cm³/mol. The molecule has 0 aromatic carbocycles. The lowest BCUT2D eigenvalue weighted by Crippen LogP contribution is -2.32. The van der Waals surface area contributed by atoms with E-state index in [-0.39, 0.29) is 40.1 Å². The molecule has 188 valence electrons. The van der Waals surface area contributed by atoms with E-state index in [0.29, 0.717) is 5.56 Å². The largest absolute Gasteiger partial charge is 0.479 e. The van der Waals surface area contributed by atoms with Crippen LogP contribution in [-0.2, 0) is 10.0 Å². The van der Waals surface area contributed by atoms with Crippen molar-refractivity contribution in [1.29, 1.82) is 0 Å². The Morgan fingerprint density at radius 1 is 1.06 bits per heavy atom. The van der Waals surface area contributed by atoms with Crippen LogP contribution in [0.2, 0.25) is 5.15 Å². The van der Waals surface area contributed by atoms with Gasteiger partial charge in [-0.2, -0.15) is 9.97 Å². The lowest BCUT2D eigenvalue weighted by molar-refractivity contribution is 0.171. The molecule has 2 atom stereocenters. The molecule has 0 radical (unpaired) electrons. The summed E-state index contributed by atoms with van der Waals surface area (Å²) in [6.07, 6.45) is 5.20. The van der Waals surface area contributed by atoms with Gasteiger partial charge in [-0.15, -0.1) is 10.2 Å². The molecule has 0 saturated carbocycles. The normalized spacial score (nSPS) is 13.1. The van der Waals surface area contributed by atoms with Crippen molar-refractivity contribution in [3.05, 3.63) is 54.1 Å². The quantitative estimate of drug-likeness (QED) is 0.316. The third-order valence-corrected chi connectivity index (χ3v) is 6.96. The van der Waals surface area contributed by atoms with E-state index in [1.54, 1.807) is 18.3 Å². The van der Waals surface area contributed by atoms with Gasteiger partial charge in [0.15, 0.2) is 11.5 Å². The number of methoxy groups -OCH3 is 2. The highest BCUT2D eigenvalue weighted by Gasteiger charge is 2.33. The number of hydrogen-bond donors (Lipinski definition) is 2. The molecule has 16 heteroatoms. The zero-order chi connectivity index (χ0) is 25.9. The minimum atomic E-state index is -4.27. The first kappa shape index (κ1) is 25.2. The average Bonchev–Trinajstić information content (AvgIpc) is 3.30. The summed E-state index contributed by atoms with van der Waals surface area (Å²) < 4.78 is 41.0. The van der Waals surface area contributed by atoms with Crippen molar-refractivity contribution in [1.82, 2.24) is 39.7 Å². The molecule has 0 fully saturated rings. The van der Waals surface area contributed by atoms with Crippen LogP contribution < -0.4 is 14.2 Å². The van der Waals surface area contributed by atoms with Crippen molar-refractivity contribution in [2.45, 2.75) is 18.3 Å². The topological polar surface area (TPSA) is 180 Å². The third-order valence-electron chi connectivity index (χ3n) is 5.06. The number of ether oxygens (including phenoxy) is 2. The first-order valence-electron chi connectivity index (χ1n) is 10.2. The fourth-order valence-electron chi connectivity index (χ4n) is 3.19. The van der Waals surface area contributed by atoms with E-state index in [2.05, 4.69) is 39.8 Å². The highest BCUT2D eigenvalue weighted by Crippen LogP contribution is 2.35. The second-order valence-electron chi connectivity index (χ2n) is 7.23. The Labute approximate surface area is 210 Å². The van der Waals surface area contributed by atoms with E-state index in [1.165, 1.54) is 50.6 Å². The Kier molecular flexibility index (Phi) is 7.23. The maximum atomic E-state index is 13.3. The molecule has 36 heavy (non-hydrogen) atoms. The zero-order valence-corrected chi connectivity index (χ0v) is 20.7. The van der Waals surface area contributed by atoms with Crippen molar-refractivity contribution < 1.29 is 23.0 Å². The van der Waals surface area contributed by atoms with Gasteiger partial charge in [0.1, 0.15) is 22.8 Å². The molecule has 2 N–H and O–H groups in total. The molecule has 4 heterocycles. The van der Waals surface area contributed by atoms with E-state index in [0.717, 1.165) is 0 Å². The van der Waals surface area contributed by atoms with E-state index in [9.17, 15) is 13.5 Å². The molecule has 0 aliphatic heterocycles. The van der Waals surface area contributed by atoms with Gasteiger partial charge in [-0.3, -0.25) is 19.3 Å². The van der Waals surface area contributed by atoms with Crippen LogP contribution in [0.25, 0.3) is 17.1 Å². The minimum Gasteiger partial charge on any atom is -0.479 e. The number of nitrogens with zero attached hydrogens (tertiary/aromatic N) is 8. The van der Waals surface area contributed by atoms with Crippen LogP contribution in [-0.4, -0.2) is 72.7 Å². The van der Waals surface area contributed by atoms with Crippen LogP contribution in [0.3, 0.4) is 0 Å². The van der Waals surface area contributed by atoms with Crippen molar-refractivity contribution in [2.75, 3.05) is 18.9 Å². The van der Waals surface area contributed by atoms with Gasteiger partial charge in [-0.05, 0) is 19.1 Å². The van der Waals surface area contributed by atoms with Gasteiger partial charge in [0.05, 0.1) is 32.3 Å². The predicted octanol–water partition coefficient (Wildman–Crippen LogP) is 1.44. The summed E-state index contributed by atoms with van der Waals surface area (Å²) in [6.45, 7) is 1.30. The molecule has 4 aromatic rings. The Hall–Kier alpha value is -3.95. The van der Waals surface area contributed by atoms with Crippen LogP contribution in [0.1, 0.15) is 18.7 Å². The molecule has 14 nitrogen and oxygen atoms in total. The lowest BCUT2D eigenvalue weighted by atomic mass is 10.2. The maximum absolute atomic E-state index is 13.3. The van der Waals surface area contributed by atoms with Crippen molar-refractivity contribution in [3.8, 4) is 28.8 Å². The van der Waals surface area contributed by atoms with Gasteiger partial charge >= 0.3 is 0 Å². The molecule has 0 saturated heterocycles. The first-order chi connectivity index (χ1) is 17.3. The Bertz CT molecular complexity index is 1430. The van der Waals surface area contributed by atoms with Gasteiger partial charge < -0.3 is 14.6 Å². The van der Waals surface area contributed by atoms with Gasteiger partial charge in [-0.25, -0.2) is 13.4 Å². The second kappa shape index (κ2) is 10.3. The van der Waals surface area contributed by atoms with Crippen LogP contribution in [0, 0.1) is 0 Å². The van der Waals surface area contributed by atoms with Crippen LogP contribution in [0.5, 0.6) is 11.8 Å². The van der Waals surface area contributed by atoms with Crippen molar-refractivity contribution >= 4 is 27.6 Å². The fourth-order valence-corrected chi connectivity index (χ4v) is 4.34. The minimum absolute atomic E-state index is 0.0228. The first-order valence-corrected chi connectivity index (χ1v) is 12.2. The summed E-state index contributed by atoms with van der Waals surface area (Å²) in [4.78, 5) is 20.1. The molecular weight excluding hydrogens is 514 g/mol. The number of rotatable bonds is 9.